The van der Waals surface area contributed by atoms with Crippen LogP contribution in [-0.2, 0) is 0 Å². The van der Waals surface area contributed by atoms with Crippen molar-refractivity contribution in [1.29, 1.82) is 0 Å². The monoisotopic (exact) mass is 428 g/mol. The minimum atomic E-state index is -0.268. The second-order valence-corrected chi connectivity index (χ2v) is 7.88. The SMILES string of the molecule is CNc1cccc(-c2c(C#CCCO)sc(-c3ccc(F)cc3)c2-c2ccncc2)c1. The Labute approximate surface area is 185 Å². The van der Waals surface area contributed by atoms with Crippen LogP contribution in [0.15, 0.2) is 73.1 Å². The van der Waals surface area contributed by atoms with E-state index in [0.717, 1.165) is 43.3 Å². The van der Waals surface area contributed by atoms with E-state index in [9.17, 15) is 9.50 Å². The van der Waals surface area contributed by atoms with Gasteiger partial charge < -0.3 is 10.4 Å². The third kappa shape index (κ3) is 4.51. The minimum Gasteiger partial charge on any atom is -0.395 e. The average Bonchev–Trinajstić information content (AvgIpc) is 3.20. The summed E-state index contributed by atoms with van der Waals surface area (Å²) in [6, 6.07) is 18.7. The molecule has 0 amide bonds. The van der Waals surface area contributed by atoms with Gasteiger partial charge in [-0.05, 0) is 53.1 Å². The number of hydrogen-bond acceptors (Lipinski definition) is 4. The molecule has 2 heterocycles. The van der Waals surface area contributed by atoms with E-state index in [1.54, 1.807) is 35.9 Å². The van der Waals surface area contributed by atoms with Crippen LogP contribution in [0, 0.1) is 17.7 Å². The van der Waals surface area contributed by atoms with Crippen molar-refractivity contribution in [2.24, 2.45) is 0 Å². The van der Waals surface area contributed by atoms with Gasteiger partial charge in [0, 0.05) is 47.6 Å². The summed E-state index contributed by atoms with van der Waals surface area (Å²) >= 11 is 1.58. The first-order chi connectivity index (χ1) is 15.2. The van der Waals surface area contributed by atoms with Gasteiger partial charge in [-0.25, -0.2) is 4.39 Å². The largest absolute Gasteiger partial charge is 0.395 e. The first-order valence-electron chi connectivity index (χ1n) is 9.92. The second-order valence-electron chi connectivity index (χ2n) is 6.86. The predicted molar refractivity (Wildman–Crippen MR) is 127 cm³/mol. The third-order valence-electron chi connectivity index (χ3n) is 4.86. The van der Waals surface area contributed by atoms with Gasteiger partial charge in [0.25, 0.3) is 0 Å². The molecule has 0 spiro atoms. The molecule has 5 heteroatoms. The Bertz CT molecular complexity index is 1240. The number of aliphatic hydroxyl groups excluding tert-OH is 1. The molecule has 0 atom stereocenters. The standard InChI is InChI=1S/C26H21FN2OS/c1-28-22-6-4-5-20(17-22)24-23(7-2-3-16-30)31-26(19-8-10-21(27)11-9-19)25(24)18-12-14-29-15-13-18/h4-6,8-15,17,28,30H,3,16H2,1H3. The molecule has 31 heavy (non-hydrogen) atoms. The molecule has 0 fully saturated rings. The van der Waals surface area contributed by atoms with Gasteiger partial charge in [-0.3, -0.25) is 4.98 Å². The van der Waals surface area contributed by atoms with Crippen LogP contribution in [0.5, 0.6) is 0 Å². The Morgan fingerprint density at radius 1 is 0.968 bits per heavy atom. The van der Waals surface area contributed by atoms with Gasteiger partial charge in [-0.1, -0.05) is 36.1 Å². The van der Waals surface area contributed by atoms with E-state index in [1.807, 2.05) is 31.3 Å². The third-order valence-corrected chi connectivity index (χ3v) is 6.02. The highest BCUT2D eigenvalue weighted by Crippen LogP contribution is 2.48. The Morgan fingerprint density at radius 3 is 2.45 bits per heavy atom. The van der Waals surface area contributed by atoms with E-state index in [0.29, 0.717) is 6.42 Å². The lowest BCUT2D eigenvalue weighted by Gasteiger charge is -2.10. The number of pyridine rings is 1. The number of nitrogens with zero attached hydrogens (tertiary/aromatic N) is 1. The van der Waals surface area contributed by atoms with Crippen molar-refractivity contribution in [2.75, 3.05) is 19.0 Å². The summed E-state index contributed by atoms with van der Waals surface area (Å²) in [5.41, 5.74) is 6.06. The number of rotatable bonds is 5. The van der Waals surface area contributed by atoms with Gasteiger partial charge in [-0.15, -0.1) is 11.3 Å². The number of nitrogens with one attached hydrogen (secondary N) is 1. The molecule has 0 aliphatic carbocycles. The molecular formula is C26H21FN2OS. The van der Waals surface area contributed by atoms with Crippen molar-refractivity contribution in [3.8, 4) is 44.5 Å². The topological polar surface area (TPSA) is 45.1 Å². The van der Waals surface area contributed by atoms with Gasteiger partial charge in [0.2, 0.25) is 0 Å². The molecule has 0 bridgehead atoms. The zero-order valence-corrected chi connectivity index (χ0v) is 17.8. The summed E-state index contributed by atoms with van der Waals surface area (Å²) < 4.78 is 13.6. The van der Waals surface area contributed by atoms with Crippen LogP contribution in [0.3, 0.4) is 0 Å². The number of benzene rings is 2. The maximum atomic E-state index is 13.6. The Balaban J connectivity index is 2.04. The van der Waals surface area contributed by atoms with Crippen molar-refractivity contribution in [3.05, 3.63) is 83.8 Å². The summed E-state index contributed by atoms with van der Waals surface area (Å²) in [6.07, 6.45) is 3.95. The van der Waals surface area contributed by atoms with Gasteiger partial charge in [-0.2, -0.15) is 0 Å². The van der Waals surface area contributed by atoms with Crippen LogP contribution in [0.1, 0.15) is 11.3 Å². The number of thiophene rings is 1. The molecule has 0 saturated carbocycles. The quantitative estimate of drug-likeness (QED) is 0.380. The van der Waals surface area contributed by atoms with Gasteiger partial charge in [0.15, 0.2) is 0 Å². The van der Waals surface area contributed by atoms with E-state index >= 15 is 0 Å². The molecule has 0 aliphatic heterocycles. The first kappa shape index (κ1) is 20.8. The fourth-order valence-corrected chi connectivity index (χ4v) is 4.65. The van der Waals surface area contributed by atoms with Crippen molar-refractivity contribution in [1.82, 2.24) is 4.98 Å². The molecule has 0 aliphatic rings. The first-order valence-corrected chi connectivity index (χ1v) is 10.7. The van der Waals surface area contributed by atoms with Gasteiger partial charge in [0.05, 0.1) is 11.5 Å². The lowest BCUT2D eigenvalue weighted by Crippen LogP contribution is -1.90. The fourth-order valence-electron chi connectivity index (χ4n) is 3.42. The highest BCUT2D eigenvalue weighted by atomic mass is 32.1. The van der Waals surface area contributed by atoms with E-state index in [1.165, 1.54) is 12.1 Å². The Kier molecular flexibility index (Phi) is 6.42. The van der Waals surface area contributed by atoms with Crippen LogP contribution in [0.2, 0.25) is 0 Å². The molecule has 4 rings (SSSR count). The molecule has 2 N–H and O–H groups in total. The normalized spacial score (nSPS) is 10.4. The van der Waals surface area contributed by atoms with E-state index in [2.05, 4.69) is 34.3 Å². The molecule has 0 radical (unpaired) electrons. The highest BCUT2D eigenvalue weighted by molar-refractivity contribution is 7.17. The van der Waals surface area contributed by atoms with Gasteiger partial charge in [0.1, 0.15) is 5.82 Å². The van der Waals surface area contributed by atoms with Crippen molar-refractivity contribution >= 4 is 17.0 Å². The molecule has 2 aromatic carbocycles. The Morgan fingerprint density at radius 2 is 1.74 bits per heavy atom. The molecule has 4 aromatic rings. The molecule has 0 saturated heterocycles. The maximum absolute atomic E-state index is 13.6. The van der Waals surface area contributed by atoms with Crippen LogP contribution in [0.4, 0.5) is 10.1 Å². The predicted octanol–water partition coefficient (Wildman–Crippen LogP) is 6.06. The van der Waals surface area contributed by atoms with Crippen molar-refractivity contribution < 1.29 is 9.50 Å². The molecule has 3 nitrogen and oxygen atoms in total. The Hall–Kier alpha value is -3.46. The number of aliphatic hydroxyl groups is 1. The molecular weight excluding hydrogens is 407 g/mol. The molecule has 2 aromatic heterocycles. The van der Waals surface area contributed by atoms with Crippen LogP contribution >= 0.6 is 11.3 Å². The summed E-state index contributed by atoms with van der Waals surface area (Å²) in [5, 5.41) is 12.4. The average molecular weight is 429 g/mol. The summed E-state index contributed by atoms with van der Waals surface area (Å²) in [5.74, 6) is 6.06. The molecule has 0 unspecified atom stereocenters. The van der Waals surface area contributed by atoms with Crippen molar-refractivity contribution in [3.63, 3.8) is 0 Å². The summed E-state index contributed by atoms with van der Waals surface area (Å²) in [7, 11) is 1.89. The minimum absolute atomic E-state index is 0.0188. The zero-order chi connectivity index (χ0) is 21.6. The lowest BCUT2D eigenvalue weighted by molar-refractivity contribution is 0.305. The lowest BCUT2D eigenvalue weighted by atomic mass is 9.93. The van der Waals surface area contributed by atoms with Crippen LogP contribution in [-0.4, -0.2) is 23.7 Å². The van der Waals surface area contributed by atoms with Crippen LogP contribution in [0.25, 0.3) is 32.7 Å². The van der Waals surface area contributed by atoms with Gasteiger partial charge >= 0.3 is 0 Å². The zero-order valence-electron chi connectivity index (χ0n) is 17.0. The fraction of sp³-hybridized carbons (Fsp3) is 0.115. The van der Waals surface area contributed by atoms with Crippen LogP contribution < -0.4 is 5.32 Å². The molecule has 154 valence electrons. The number of anilines is 1. The number of hydrogen-bond donors (Lipinski definition) is 2. The van der Waals surface area contributed by atoms with Crippen molar-refractivity contribution in [2.45, 2.75) is 6.42 Å². The number of halogens is 1. The van der Waals surface area contributed by atoms with E-state index in [4.69, 9.17) is 0 Å². The summed E-state index contributed by atoms with van der Waals surface area (Å²) in [6.45, 7) is 0.0188. The second kappa shape index (κ2) is 9.57. The number of aromatic nitrogens is 1. The smallest absolute Gasteiger partial charge is 0.123 e. The summed E-state index contributed by atoms with van der Waals surface area (Å²) in [4.78, 5) is 6.10. The maximum Gasteiger partial charge on any atom is 0.123 e. The highest BCUT2D eigenvalue weighted by Gasteiger charge is 2.21. The van der Waals surface area contributed by atoms with E-state index in [-0.39, 0.29) is 12.4 Å². The van der Waals surface area contributed by atoms with E-state index < -0.39 is 0 Å².